The van der Waals surface area contributed by atoms with Crippen LogP contribution in [0.5, 0.6) is 5.75 Å². The van der Waals surface area contributed by atoms with Gasteiger partial charge in [0, 0.05) is 55.1 Å². The second-order valence-electron chi connectivity index (χ2n) is 9.30. The molecule has 1 heterocycles. The van der Waals surface area contributed by atoms with Gasteiger partial charge in [-0.1, -0.05) is 54.1 Å². The van der Waals surface area contributed by atoms with Gasteiger partial charge in [0.1, 0.15) is 11.8 Å². The molecular formula is C31H28ClN5O3. The second-order valence-corrected chi connectivity index (χ2v) is 9.73. The van der Waals surface area contributed by atoms with Crippen molar-refractivity contribution in [3.8, 4) is 11.8 Å². The summed E-state index contributed by atoms with van der Waals surface area (Å²) in [5.74, 6) is -0.701. The van der Waals surface area contributed by atoms with E-state index in [4.69, 9.17) is 33.1 Å². The summed E-state index contributed by atoms with van der Waals surface area (Å²) in [5, 5.41) is 27.7. The SMILES string of the molecule is N#Cc1cc(C(N)=O)ccc1O.N=Cc1ccc(C(=O)N2CCN(Cc3ccc(Cl)cc3)CC2)c2ccccc12. The summed E-state index contributed by atoms with van der Waals surface area (Å²) in [7, 11) is 0. The maximum Gasteiger partial charge on any atom is 0.254 e. The van der Waals surface area contributed by atoms with Crippen LogP contribution >= 0.6 is 11.6 Å². The van der Waals surface area contributed by atoms with Gasteiger partial charge < -0.3 is 21.1 Å². The van der Waals surface area contributed by atoms with E-state index in [1.807, 2.05) is 53.4 Å². The molecule has 2 amide bonds. The molecule has 1 aliphatic rings. The highest BCUT2D eigenvalue weighted by Crippen LogP contribution is 2.24. The van der Waals surface area contributed by atoms with Gasteiger partial charge in [0.05, 0.1) is 5.56 Å². The van der Waals surface area contributed by atoms with Gasteiger partial charge in [-0.3, -0.25) is 14.5 Å². The number of carbonyl (C=O) groups is 2. The molecular weight excluding hydrogens is 526 g/mol. The molecule has 0 unspecified atom stereocenters. The van der Waals surface area contributed by atoms with Gasteiger partial charge in [0.15, 0.2) is 0 Å². The van der Waals surface area contributed by atoms with Crippen molar-refractivity contribution < 1.29 is 14.7 Å². The zero-order valence-electron chi connectivity index (χ0n) is 21.7. The lowest BCUT2D eigenvalue weighted by molar-refractivity contribution is 0.0630. The topological polar surface area (TPSA) is 135 Å². The molecule has 0 spiro atoms. The van der Waals surface area contributed by atoms with Gasteiger partial charge in [-0.25, -0.2) is 0 Å². The van der Waals surface area contributed by atoms with E-state index in [-0.39, 0.29) is 22.8 Å². The second kappa shape index (κ2) is 12.9. The molecule has 9 heteroatoms. The van der Waals surface area contributed by atoms with Crippen LogP contribution in [0.3, 0.4) is 0 Å². The number of halogens is 1. The van der Waals surface area contributed by atoms with Gasteiger partial charge in [0.25, 0.3) is 5.91 Å². The highest BCUT2D eigenvalue weighted by atomic mass is 35.5. The Kier molecular flexibility index (Phi) is 9.12. The van der Waals surface area contributed by atoms with Gasteiger partial charge in [-0.15, -0.1) is 0 Å². The van der Waals surface area contributed by atoms with Gasteiger partial charge in [-0.2, -0.15) is 5.26 Å². The number of aromatic hydroxyl groups is 1. The van der Waals surface area contributed by atoms with Crippen LogP contribution in [0, 0.1) is 16.7 Å². The number of nitrogens with one attached hydrogen (secondary N) is 1. The van der Waals surface area contributed by atoms with Crippen molar-refractivity contribution in [3.63, 3.8) is 0 Å². The van der Waals surface area contributed by atoms with E-state index < -0.39 is 5.91 Å². The number of piperazine rings is 1. The molecule has 0 radical (unpaired) electrons. The first-order chi connectivity index (χ1) is 19.3. The van der Waals surface area contributed by atoms with Crippen molar-refractivity contribution >= 4 is 40.4 Å². The Hall–Kier alpha value is -4.71. The van der Waals surface area contributed by atoms with Crippen molar-refractivity contribution in [2.24, 2.45) is 5.73 Å². The van der Waals surface area contributed by atoms with Crippen LogP contribution in [0.4, 0.5) is 0 Å². The van der Waals surface area contributed by atoms with Crippen molar-refractivity contribution in [1.29, 1.82) is 10.7 Å². The quantitative estimate of drug-likeness (QED) is 0.305. The minimum Gasteiger partial charge on any atom is -0.507 e. The van der Waals surface area contributed by atoms with Crippen LogP contribution in [-0.4, -0.2) is 59.1 Å². The molecule has 1 saturated heterocycles. The van der Waals surface area contributed by atoms with Crippen LogP contribution in [0.1, 0.15) is 37.4 Å². The number of phenolic OH excluding ortho intramolecular Hbond substituents is 1. The number of primary amides is 1. The standard InChI is InChI=1S/C23H22ClN3O.C8H6N2O2/c24-19-8-5-17(6-9-19)16-26-11-13-27(14-12-26)23(28)22-10-7-18(15-25)20-3-1-2-4-21(20)22;9-4-6-3-5(8(10)12)1-2-7(6)11/h1-10,15,25H,11-14,16H2;1-3,11H,(H2,10,12). The fourth-order valence-corrected chi connectivity index (χ4v) is 4.67. The number of hydrogen-bond acceptors (Lipinski definition) is 6. The van der Waals surface area contributed by atoms with Crippen LogP contribution in [0.2, 0.25) is 5.02 Å². The zero-order valence-corrected chi connectivity index (χ0v) is 22.4. The van der Waals surface area contributed by atoms with Crippen molar-refractivity contribution in [2.75, 3.05) is 26.2 Å². The van der Waals surface area contributed by atoms with Crippen molar-refractivity contribution in [3.05, 3.63) is 112 Å². The van der Waals surface area contributed by atoms with Crippen LogP contribution < -0.4 is 5.73 Å². The maximum absolute atomic E-state index is 13.2. The van der Waals surface area contributed by atoms with Crippen LogP contribution in [-0.2, 0) is 6.54 Å². The fraction of sp³-hybridized carbons (Fsp3) is 0.161. The number of nitrogens with zero attached hydrogens (tertiary/aromatic N) is 3. The van der Waals surface area contributed by atoms with E-state index >= 15 is 0 Å². The highest BCUT2D eigenvalue weighted by Gasteiger charge is 2.23. The summed E-state index contributed by atoms with van der Waals surface area (Å²) in [6, 6.07) is 25.1. The number of nitrogens with two attached hydrogens (primary N) is 1. The summed E-state index contributed by atoms with van der Waals surface area (Å²) in [6.07, 6.45) is 1.34. The van der Waals surface area contributed by atoms with Crippen molar-refractivity contribution in [2.45, 2.75) is 6.54 Å². The summed E-state index contributed by atoms with van der Waals surface area (Å²) in [5.41, 5.74) is 8.00. The molecule has 4 aromatic carbocycles. The predicted octanol–water partition coefficient (Wildman–Crippen LogP) is 4.81. The molecule has 4 aromatic rings. The molecule has 0 saturated carbocycles. The number of benzene rings is 4. The average Bonchev–Trinajstić information content (AvgIpc) is 2.98. The Labute approximate surface area is 237 Å². The molecule has 0 bridgehead atoms. The Morgan fingerprint density at radius 1 is 0.975 bits per heavy atom. The lowest BCUT2D eigenvalue weighted by atomic mass is 9.99. The molecule has 0 aromatic heterocycles. The molecule has 8 nitrogen and oxygen atoms in total. The number of phenols is 1. The number of nitriles is 1. The average molecular weight is 554 g/mol. The van der Waals surface area contributed by atoms with Crippen molar-refractivity contribution in [1.82, 2.24) is 9.80 Å². The van der Waals surface area contributed by atoms with Gasteiger partial charge in [0.2, 0.25) is 5.91 Å². The minimum atomic E-state index is -0.619. The Balaban J connectivity index is 0.000000259. The van der Waals surface area contributed by atoms with Crippen LogP contribution in [0.25, 0.3) is 10.8 Å². The number of rotatable bonds is 5. The minimum absolute atomic E-state index is 0.0475. The number of amides is 2. The number of fused-ring (bicyclic) bond motifs is 1. The van der Waals surface area contributed by atoms with E-state index in [0.717, 1.165) is 41.0 Å². The zero-order chi connectivity index (χ0) is 28.6. The van der Waals surface area contributed by atoms with E-state index in [2.05, 4.69) is 17.0 Å². The normalized spacial score (nSPS) is 13.2. The molecule has 202 valence electrons. The molecule has 0 atom stereocenters. The third kappa shape index (κ3) is 6.64. The Morgan fingerprint density at radius 3 is 2.27 bits per heavy atom. The summed E-state index contributed by atoms with van der Waals surface area (Å²) >= 11 is 5.96. The van der Waals surface area contributed by atoms with Gasteiger partial charge >= 0.3 is 0 Å². The Morgan fingerprint density at radius 2 is 1.65 bits per heavy atom. The number of hydrogen-bond donors (Lipinski definition) is 3. The Bertz CT molecular complexity index is 1590. The highest BCUT2D eigenvalue weighted by molar-refractivity contribution is 6.30. The van der Waals surface area contributed by atoms with Gasteiger partial charge in [-0.05, 0) is 58.3 Å². The summed E-state index contributed by atoms with van der Waals surface area (Å²) < 4.78 is 0. The molecule has 5 rings (SSSR count). The van der Waals surface area contributed by atoms with E-state index in [0.29, 0.717) is 18.7 Å². The first kappa shape index (κ1) is 28.3. The molecule has 4 N–H and O–H groups in total. The smallest absolute Gasteiger partial charge is 0.254 e. The third-order valence-corrected chi connectivity index (χ3v) is 6.98. The largest absolute Gasteiger partial charge is 0.507 e. The third-order valence-electron chi connectivity index (χ3n) is 6.72. The fourth-order valence-electron chi connectivity index (χ4n) is 4.54. The van der Waals surface area contributed by atoms with Crippen LogP contribution in [0.15, 0.2) is 78.9 Å². The first-order valence-electron chi connectivity index (χ1n) is 12.6. The molecule has 40 heavy (non-hydrogen) atoms. The lowest BCUT2D eigenvalue weighted by Gasteiger charge is -2.35. The maximum atomic E-state index is 13.2. The van der Waals surface area contributed by atoms with E-state index in [9.17, 15) is 9.59 Å². The number of carbonyl (C=O) groups excluding carboxylic acids is 2. The molecule has 0 aliphatic carbocycles. The van der Waals surface area contributed by atoms with E-state index in [1.54, 1.807) is 6.07 Å². The lowest BCUT2D eigenvalue weighted by Crippen LogP contribution is -2.48. The summed E-state index contributed by atoms with van der Waals surface area (Å²) in [6.45, 7) is 4.01. The molecule has 1 fully saturated rings. The monoisotopic (exact) mass is 553 g/mol. The van der Waals surface area contributed by atoms with E-state index in [1.165, 1.54) is 30.0 Å². The predicted molar refractivity (Wildman–Crippen MR) is 156 cm³/mol. The summed E-state index contributed by atoms with van der Waals surface area (Å²) in [4.78, 5) is 28.1. The molecule has 1 aliphatic heterocycles. The first-order valence-corrected chi connectivity index (χ1v) is 13.0.